The lowest BCUT2D eigenvalue weighted by Gasteiger charge is -2.29. The smallest absolute Gasteiger partial charge is 0.308 e. The number of benzene rings is 1. The number of carbonyl (C=O) groups excluding carboxylic acids is 1. The molecule has 0 spiro atoms. The van der Waals surface area contributed by atoms with E-state index in [1.807, 2.05) is 40.9 Å². The van der Waals surface area contributed by atoms with E-state index in [1.54, 1.807) is 6.20 Å². The fraction of sp³-hybridized carbons (Fsp3) is 0.593. The highest BCUT2D eigenvalue weighted by Crippen LogP contribution is 2.43. The van der Waals surface area contributed by atoms with Gasteiger partial charge in [-0.3, -0.25) is 14.5 Å². The Bertz CT molecular complexity index is 1070. The van der Waals surface area contributed by atoms with Crippen LogP contribution in [-0.4, -0.2) is 81.9 Å². The van der Waals surface area contributed by atoms with Gasteiger partial charge < -0.3 is 29.8 Å². The van der Waals surface area contributed by atoms with Gasteiger partial charge in [0.05, 0.1) is 12.5 Å². The van der Waals surface area contributed by atoms with Crippen molar-refractivity contribution in [1.82, 2.24) is 19.4 Å². The Labute approximate surface area is 218 Å². The molecule has 0 saturated carbocycles. The van der Waals surface area contributed by atoms with Crippen LogP contribution in [-0.2, 0) is 23.1 Å². The molecule has 2 aliphatic rings. The van der Waals surface area contributed by atoms with E-state index in [0.717, 1.165) is 30.7 Å². The number of likely N-dealkylation sites (tertiary alicyclic amines) is 1. The van der Waals surface area contributed by atoms with Gasteiger partial charge in [-0.15, -0.1) is 0 Å². The maximum Gasteiger partial charge on any atom is 0.308 e. The number of aryl methyl sites for hydroxylation is 2. The van der Waals surface area contributed by atoms with Crippen LogP contribution in [0.3, 0.4) is 0 Å². The molecule has 1 aromatic carbocycles. The van der Waals surface area contributed by atoms with E-state index in [4.69, 9.17) is 15.2 Å². The topological polar surface area (TPSA) is 123 Å². The molecular weight excluding hydrogens is 474 g/mol. The van der Waals surface area contributed by atoms with Gasteiger partial charge in [0, 0.05) is 57.5 Å². The molecule has 3 heterocycles. The van der Waals surface area contributed by atoms with Crippen molar-refractivity contribution >= 4 is 11.9 Å². The molecule has 0 unspecified atom stereocenters. The van der Waals surface area contributed by atoms with Crippen LogP contribution in [0, 0.1) is 5.92 Å². The number of hydrogen-bond acceptors (Lipinski definition) is 7. The summed E-state index contributed by atoms with van der Waals surface area (Å²) >= 11 is 0. The summed E-state index contributed by atoms with van der Waals surface area (Å²) in [6, 6.07) is 5.34. The van der Waals surface area contributed by atoms with Crippen molar-refractivity contribution in [2.24, 2.45) is 18.7 Å². The molecule has 1 aromatic heterocycles. The highest BCUT2D eigenvalue weighted by atomic mass is 16.7. The van der Waals surface area contributed by atoms with E-state index in [-0.39, 0.29) is 31.2 Å². The van der Waals surface area contributed by atoms with Crippen molar-refractivity contribution < 1.29 is 24.2 Å². The van der Waals surface area contributed by atoms with Crippen LogP contribution >= 0.6 is 0 Å². The van der Waals surface area contributed by atoms with Crippen LogP contribution in [0.15, 0.2) is 30.6 Å². The minimum Gasteiger partial charge on any atom is -0.481 e. The number of unbranched alkanes of at least 4 members (excludes halogenated alkanes) is 1. The third kappa shape index (κ3) is 6.24. The number of nitrogens with two attached hydrogens (primary N) is 1. The average molecular weight is 514 g/mol. The van der Waals surface area contributed by atoms with Crippen molar-refractivity contribution in [2.75, 3.05) is 39.5 Å². The summed E-state index contributed by atoms with van der Waals surface area (Å²) in [5.74, 6) is 0.426. The van der Waals surface area contributed by atoms with E-state index in [9.17, 15) is 14.7 Å². The highest BCUT2D eigenvalue weighted by Gasteiger charge is 2.47. The first-order valence-electron chi connectivity index (χ1n) is 13.2. The van der Waals surface area contributed by atoms with Crippen LogP contribution in [0.2, 0.25) is 0 Å². The molecule has 0 radical (unpaired) electrons. The van der Waals surface area contributed by atoms with Gasteiger partial charge in [0.25, 0.3) is 0 Å². The summed E-state index contributed by atoms with van der Waals surface area (Å²) in [4.78, 5) is 34.5. The molecule has 37 heavy (non-hydrogen) atoms. The molecule has 2 aromatic rings. The van der Waals surface area contributed by atoms with Gasteiger partial charge in [0.15, 0.2) is 11.5 Å². The monoisotopic (exact) mass is 513 g/mol. The van der Waals surface area contributed by atoms with Crippen LogP contribution in [0.1, 0.15) is 49.9 Å². The highest BCUT2D eigenvalue weighted by molar-refractivity contribution is 5.79. The predicted molar refractivity (Wildman–Crippen MR) is 138 cm³/mol. The molecule has 3 N–H and O–H groups in total. The summed E-state index contributed by atoms with van der Waals surface area (Å²) in [6.07, 6.45) is 7.52. The first-order valence-corrected chi connectivity index (χ1v) is 13.2. The van der Waals surface area contributed by atoms with E-state index in [1.165, 1.54) is 0 Å². The molecule has 0 aliphatic carbocycles. The second kappa shape index (κ2) is 12.4. The number of carboxylic acid groups (broad SMARTS) is 1. The summed E-state index contributed by atoms with van der Waals surface area (Å²) < 4.78 is 13.0. The zero-order chi connectivity index (χ0) is 26.4. The lowest BCUT2D eigenvalue weighted by Crippen LogP contribution is -2.45. The lowest BCUT2D eigenvalue weighted by atomic mass is 9.83. The maximum absolute atomic E-state index is 13.5. The molecule has 10 heteroatoms. The van der Waals surface area contributed by atoms with Crippen molar-refractivity contribution in [3.63, 3.8) is 0 Å². The van der Waals surface area contributed by atoms with Crippen molar-refractivity contribution in [2.45, 2.75) is 51.0 Å². The van der Waals surface area contributed by atoms with E-state index in [0.29, 0.717) is 50.5 Å². The number of amides is 1. The van der Waals surface area contributed by atoms with E-state index < -0.39 is 11.9 Å². The zero-order valence-electron chi connectivity index (χ0n) is 21.8. The Morgan fingerprint density at radius 3 is 2.70 bits per heavy atom. The van der Waals surface area contributed by atoms with Gasteiger partial charge in [0.2, 0.25) is 12.7 Å². The Balaban J connectivity index is 1.59. The molecular formula is C27H39N5O5. The fourth-order valence-electron chi connectivity index (χ4n) is 5.51. The van der Waals surface area contributed by atoms with Gasteiger partial charge in [-0.1, -0.05) is 19.4 Å². The van der Waals surface area contributed by atoms with Crippen LogP contribution in [0.4, 0.5) is 0 Å². The van der Waals surface area contributed by atoms with Crippen molar-refractivity contribution in [3.8, 4) is 11.5 Å². The molecule has 3 atom stereocenters. The number of carboxylic acids is 1. The number of rotatable bonds is 13. The second-order valence-corrected chi connectivity index (χ2v) is 9.95. The van der Waals surface area contributed by atoms with Gasteiger partial charge in [-0.2, -0.15) is 0 Å². The normalized spacial score (nSPS) is 20.9. The summed E-state index contributed by atoms with van der Waals surface area (Å²) in [5, 5.41) is 10.4. The number of hydrogen-bond donors (Lipinski definition) is 2. The first-order chi connectivity index (χ1) is 17.9. The van der Waals surface area contributed by atoms with E-state index in [2.05, 4.69) is 16.8 Å². The quantitative estimate of drug-likeness (QED) is 0.418. The molecule has 1 saturated heterocycles. The van der Waals surface area contributed by atoms with Crippen LogP contribution in [0.5, 0.6) is 11.5 Å². The molecule has 4 rings (SSSR count). The number of ether oxygens (including phenoxy) is 2. The van der Waals surface area contributed by atoms with Gasteiger partial charge in [-0.25, -0.2) is 4.98 Å². The maximum atomic E-state index is 13.5. The predicted octanol–water partition coefficient (Wildman–Crippen LogP) is 2.23. The molecule has 202 valence electrons. The Morgan fingerprint density at radius 2 is 2.00 bits per heavy atom. The largest absolute Gasteiger partial charge is 0.481 e. The molecule has 2 aliphatic heterocycles. The Kier molecular flexibility index (Phi) is 9.04. The zero-order valence-corrected chi connectivity index (χ0v) is 21.8. The first kappa shape index (κ1) is 26.9. The Hall–Kier alpha value is -3.11. The van der Waals surface area contributed by atoms with Gasteiger partial charge in [-0.05, 0) is 43.5 Å². The molecule has 10 nitrogen and oxygen atoms in total. The molecule has 0 bridgehead atoms. The SMILES string of the molecule is CCCCN(CCCN)C(=O)CN1C[C@H](c2ccc3c(c2)OCO3)[C@@H](C(=O)O)[C@@H]1CCc1nccn1C. The third-order valence-electron chi connectivity index (χ3n) is 7.55. The number of aliphatic carboxylic acids is 1. The molecule has 1 fully saturated rings. The van der Waals surface area contributed by atoms with E-state index >= 15 is 0 Å². The summed E-state index contributed by atoms with van der Waals surface area (Å²) in [6.45, 7) is 4.77. The minimum absolute atomic E-state index is 0.0272. The lowest BCUT2D eigenvalue weighted by molar-refractivity contribution is -0.143. The summed E-state index contributed by atoms with van der Waals surface area (Å²) in [7, 11) is 1.94. The fourth-order valence-corrected chi connectivity index (χ4v) is 5.51. The molecule has 1 amide bonds. The number of carbonyl (C=O) groups is 2. The number of nitrogens with zero attached hydrogens (tertiary/aromatic N) is 4. The van der Waals surface area contributed by atoms with Crippen LogP contribution < -0.4 is 15.2 Å². The number of imidazole rings is 1. The van der Waals surface area contributed by atoms with Crippen LogP contribution in [0.25, 0.3) is 0 Å². The number of aromatic nitrogens is 2. The van der Waals surface area contributed by atoms with Crippen molar-refractivity contribution in [1.29, 1.82) is 0 Å². The standard InChI is InChI=1S/C27H39N5O5/c1-3-4-12-31(13-5-10-28)25(33)17-32-16-20(19-6-8-22-23(15-19)37-18-36-22)26(27(34)35)21(32)7-9-24-29-11-14-30(24)2/h6,8,11,14-15,20-21,26H,3-5,7,9-10,12-13,16-18,28H2,1-2H3,(H,34,35)/t20-,21+,26-/m1/s1. The summed E-state index contributed by atoms with van der Waals surface area (Å²) in [5.41, 5.74) is 6.61. The second-order valence-electron chi connectivity index (χ2n) is 9.95. The van der Waals surface area contributed by atoms with Gasteiger partial charge >= 0.3 is 5.97 Å². The average Bonchev–Trinajstić information content (AvgIpc) is 3.60. The minimum atomic E-state index is -0.853. The Morgan fingerprint density at radius 1 is 1.22 bits per heavy atom. The van der Waals surface area contributed by atoms with Gasteiger partial charge in [0.1, 0.15) is 5.82 Å². The third-order valence-corrected chi connectivity index (χ3v) is 7.55. The van der Waals surface area contributed by atoms with Crippen molar-refractivity contribution in [3.05, 3.63) is 42.0 Å². The number of fused-ring (bicyclic) bond motifs is 1.